The minimum Gasteiger partial charge on any atom is -0.393 e. The highest BCUT2D eigenvalue weighted by molar-refractivity contribution is 6.09. The summed E-state index contributed by atoms with van der Waals surface area (Å²) in [6, 6.07) is 4.10. The summed E-state index contributed by atoms with van der Waals surface area (Å²) in [4.78, 5) is 22.3. The largest absolute Gasteiger partial charge is 0.393 e. The van der Waals surface area contributed by atoms with Crippen LogP contribution in [0.2, 0.25) is 0 Å². The monoisotopic (exact) mass is 275 g/mol. The molecule has 0 spiro atoms. The summed E-state index contributed by atoms with van der Waals surface area (Å²) in [7, 11) is 0. The number of aromatic nitrogens is 2. The second-order valence-corrected chi connectivity index (χ2v) is 4.26. The molecule has 0 unspecified atom stereocenters. The molecule has 0 saturated heterocycles. The normalized spacial score (nSPS) is 10.3. The minimum atomic E-state index is -0.625. The molecule has 2 aromatic rings. The molecule has 0 bridgehead atoms. The van der Waals surface area contributed by atoms with E-state index in [4.69, 9.17) is 5.73 Å². The molecule has 104 valence electrons. The van der Waals surface area contributed by atoms with Crippen molar-refractivity contribution in [3.05, 3.63) is 45.3 Å². The number of nitro benzene ring substituents is 1. The first-order chi connectivity index (χ1) is 9.41. The van der Waals surface area contributed by atoms with E-state index >= 15 is 0 Å². The molecule has 0 radical (unpaired) electrons. The first-order valence-corrected chi connectivity index (χ1v) is 5.77. The number of amides is 1. The van der Waals surface area contributed by atoms with Crippen LogP contribution in [0.25, 0.3) is 0 Å². The third-order valence-corrected chi connectivity index (χ3v) is 2.89. The zero-order chi connectivity index (χ0) is 14.9. The summed E-state index contributed by atoms with van der Waals surface area (Å²) in [6.07, 6.45) is 0. The van der Waals surface area contributed by atoms with Crippen molar-refractivity contribution in [2.45, 2.75) is 13.8 Å². The molecule has 4 N–H and O–H groups in total. The van der Waals surface area contributed by atoms with E-state index in [1.165, 1.54) is 18.2 Å². The molecule has 1 amide bonds. The highest BCUT2D eigenvalue weighted by Gasteiger charge is 2.20. The van der Waals surface area contributed by atoms with Crippen LogP contribution < -0.4 is 11.1 Å². The fourth-order valence-corrected chi connectivity index (χ4v) is 1.83. The van der Waals surface area contributed by atoms with Crippen LogP contribution in [-0.2, 0) is 0 Å². The fourth-order valence-electron chi connectivity index (χ4n) is 1.83. The maximum Gasteiger partial charge on any atom is 0.292 e. The van der Waals surface area contributed by atoms with Crippen molar-refractivity contribution in [2.24, 2.45) is 0 Å². The molecule has 8 nitrogen and oxygen atoms in total. The van der Waals surface area contributed by atoms with Crippen molar-refractivity contribution < 1.29 is 9.72 Å². The number of nitrogens with one attached hydrogen (secondary N) is 2. The number of hydrogen-bond acceptors (Lipinski definition) is 5. The summed E-state index contributed by atoms with van der Waals surface area (Å²) in [6.45, 7) is 3.49. The Labute approximate surface area is 114 Å². The van der Waals surface area contributed by atoms with E-state index in [0.717, 1.165) is 0 Å². The van der Waals surface area contributed by atoms with E-state index in [0.29, 0.717) is 17.1 Å². The van der Waals surface area contributed by atoms with Crippen LogP contribution in [0.4, 0.5) is 17.1 Å². The number of benzene rings is 1. The fraction of sp³-hybridized carbons (Fsp3) is 0.167. The summed E-state index contributed by atoms with van der Waals surface area (Å²) in [5.41, 5.74) is 7.13. The zero-order valence-corrected chi connectivity index (χ0v) is 10.9. The average molecular weight is 275 g/mol. The van der Waals surface area contributed by atoms with Crippen molar-refractivity contribution in [1.29, 1.82) is 0 Å². The highest BCUT2D eigenvalue weighted by atomic mass is 16.6. The van der Waals surface area contributed by atoms with Crippen LogP contribution in [0.15, 0.2) is 18.2 Å². The number of rotatable bonds is 3. The molecule has 0 aliphatic carbocycles. The van der Waals surface area contributed by atoms with E-state index in [1.807, 2.05) is 0 Å². The van der Waals surface area contributed by atoms with Crippen LogP contribution in [0, 0.1) is 24.0 Å². The van der Waals surface area contributed by atoms with Gasteiger partial charge in [-0.2, -0.15) is 5.10 Å². The Hall–Kier alpha value is -2.90. The van der Waals surface area contributed by atoms with Crippen LogP contribution in [0.1, 0.15) is 21.7 Å². The summed E-state index contributed by atoms with van der Waals surface area (Å²) >= 11 is 0. The van der Waals surface area contributed by atoms with E-state index in [1.54, 1.807) is 13.8 Å². The second-order valence-electron chi connectivity index (χ2n) is 4.26. The van der Waals surface area contributed by atoms with Crippen molar-refractivity contribution in [1.82, 2.24) is 10.2 Å². The van der Waals surface area contributed by atoms with Gasteiger partial charge < -0.3 is 11.1 Å². The molecule has 0 aliphatic rings. The van der Waals surface area contributed by atoms with Gasteiger partial charge in [-0.1, -0.05) is 6.07 Å². The van der Waals surface area contributed by atoms with Gasteiger partial charge in [0.1, 0.15) is 5.69 Å². The van der Waals surface area contributed by atoms with Gasteiger partial charge >= 0.3 is 0 Å². The molecule has 20 heavy (non-hydrogen) atoms. The molecule has 1 heterocycles. The van der Waals surface area contributed by atoms with Gasteiger partial charge in [0.25, 0.3) is 11.6 Å². The molecule has 8 heteroatoms. The van der Waals surface area contributed by atoms with Crippen LogP contribution in [-0.4, -0.2) is 21.0 Å². The summed E-state index contributed by atoms with van der Waals surface area (Å²) < 4.78 is 0. The van der Waals surface area contributed by atoms with Crippen molar-refractivity contribution in [3.63, 3.8) is 0 Å². The molecule has 0 fully saturated rings. The molecular weight excluding hydrogens is 262 g/mol. The van der Waals surface area contributed by atoms with Gasteiger partial charge in [0.2, 0.25) is 0 Å². The van der Waals surface area contributed by atoms with Crippen LogP contribution in [0.5, 0.6) is 0 Å². The van der Waals surface area contributed by atoms with Gasteiger partial charge in [-0.3, -0.25) is 20.0 Å². The highest BCUT2D eigenvalue weighted by Crippen LogP contribution is 2.26. The third kappa shape index (κ3) is 2.30. The molecule has 1 aromatic carbocycles. The standard InChI is InChI=1S/C12H13N5O3/c1-6-11(7(2)16-15-6)14-12(18)8-4-3-5-9(10(8)13)17(19)20/h3-5H,13H2,1-2H3,(H,14,18)(H,15,16). The SMILES string of the molecule is Cc1n[nH]c(C)c1NC(=O)c1cccc([N+](=O)[O-])c1N. The zero-order valence-electron chi connectivity index (χ0n) is 10.9. The topological polar surface area (TPSA) is 127 Å². The molecule has 0 atom stereocenters. The van der Waals surface area contributed by atoms with Crippen molar-refractivity contribution in [2.75, 3.05) is 11.1 Å². The Morgan fingerprint density at radius 1 is 1.45 bits per heavy atom. The average Bonchev–Trinajstić information content (AvgIpc) is 2.70. The smallest absolute Gasteiger partial charge is 0.292 e. The number of H-pyrrole nitrogens is 1. The van der Waals surface area contributed by atoms with Gasteiger partial charge in [0.05, 0.1) is 27.6 Å². The number of nitro groups is 1. The predicted octanol–water partition coefficient (Wildman–Crippen LogP) is 1.77. The number of nitrogens with zero attached hydrogens (tertiary/aromatic N) is 2. The van der Waals surface area contributed by atoms with Crippen molar-refractivity contribution in [3.8, 4) is 0 Å². The van der Waals surface area contributed by atoms with Gasteiger partial charge in [-0.15, -0.1) is 0 Å². The Kier molecular flexibility index (Phi) is 3.38. The number of nitrogen functional groups attached to an aromatic ring is 1. The molecular formula is C12H13N5O3. The van der Waals surface area contributed by atoms with Crippen molar-refractivity contribution >= 4 is 23.0 Å². The predicted molar refractivity (Wildman–Crippen MR) is 73.5 cm³/mol. The number of carbonyl (C=O) groups excluding carboxylic acids is 1. The number of hydrogen-bond donors (Lipinski definition) is 3. The third-order valence-electron chi connectivity index (χ3n) is 2.89. The first-order valence-electron chi connectivity index (χ1n) is 5.77. The molecule has 1 aromatic heterocycles. The number of para-hydroxylation sites is 1. The van der Waals surface area contributed by atoms with Gasteiger partial charge in [0.15, 0.2) is 0 Å². The minimum absolute atomic E-state index is 0.0548. The van der Waals surface area contributed by atoms with Gasteiger partial charge in [0, 0.05) is 6.07 Å². The lowest BCUT2D eigenvalue weighted by Gasteiger charge is -2.07. The first kappa shape index (κ1) is 13.5. The van der Waals surface area contributed by atoms with Gasteiger partial charge in [-0.25, -0.2) is 0 Å². The summed E-state index contributed by atoms with van der Waals surface area (Å²) in [5, 5.41) is 20.1. The number of carbonyl (C=O) groups is 1. The maximum atomic E-state index is 12.2. The van der Waals surface area contributed by atoms with E-state index in [9.17, 15) is 14.9 Å². The molecule has 0 aliphatic heterocycles. The Balaban J connectivity index is 2.35. The number of anilines is 2. The van der Waals surface area contributed by atoms with Crippen LogP contribution in [0.3, 0.4) is 0 Å². The number of aromatic amines is 1. The quantitative estimate of drug-likeness (QED) is 0.447. The number of nitrogens with two attached hydrogens (primary N) is 1. The van der Waals surface area contributed by atoms with E-state index < -0.39 is 10.8 Å². The molecule has 2 rings (SSSR count). The van der Waals surface area contributed by atoms with Gasteiger partial charge in [-0.05, 0) is 19.9 Å². The Bertz CT molecular complexity index is 673. The Morgan fingerprint density at radius 3 is 2.70 bits per heavy atom. The Morgan fingerprint density at radius 2 is 2.15 bits per heavy atom. The maximum absolute atomic E-state index is 12.2. The van der Waals surface area contributed by atoms with E-state index in [-0.39, 0.29) is 16.9 Å². The summed E-state index contributed by atoms with van der Waals surface area (Å²) in [5.74, 6) is -0.515. The lowest BCUT2D eigenvalue weighted by atomic mass is 10.1. The number of aryl methyl sites for hydroxylation is 2. The van der Waals surface area contributed by atoms with Crippen LogP contribution >= 0.6 is 0 Å². The van der Waals surface area contributed by atoms with E-state index in [2.05, 4.69) is 15.5 Å². The second kappa shape index (κ2) is 5.00. The molecule has 0 saturated carbocycles. The lowest BCUT2D eigenvalue weighted by molar-refractivity contribution is -0.383. The lowest BCUT2D eigenvalue weighted by Crippen LogP contribution is -2.15.